The van der Waals surface area contributed by atoms with Crippen LogP contribution in [0.5, 0.6) is 0 Å². The van der Waals surface area contributed by atoms with Crippen molar-refractivity contribution in [3.63, 3.8) is 0 Å². The highest BCUT2D eigenvalue weighted by Gasteiger charge is 2.17. The molecule has 1 aliphatic heterocycles. The average molecular weight is 205 g/mol. The first kappa shape index (κ1) is 9.71. The van der Waals surface area contributed by atoms with Crippen LogP contribution in [0.1, 0.15) is 17.5 Å². The lowest BCUT2D eigenvalue weighted by atomic mass is 10.0. The maximum Gasteiger partial charge on any atom is 0.303 e. The second kappa shape index (κ2) is 3.73. The zero-order valence-electron chi connectivity index (χ0n) is 8.12. The fourth-order valence-electron chi connectivity index (χ4n) is 1.69. The average Bonchev–Trinajstić information content (AvgIpc) is 2.53. The lowest BCUT2D eigenvalue weighted by Gasteiger charge is -2.02. The van der Waals surface area contributed by atoms with Crippen LogP contribution in [-0.2, 0) is 22.4 Å². The highest BCUT2D eigenvalue weighted by atomic mass is 16.4. The van der Waals surface area contributed by atoms with Gasteiger partial charge in [0.15, 0.2) is 0 Å². The van der Waals surface area contributed by atoms with E-state index in [1.54, 1.807) is 0 Å². The molecule has 0 saturated heterocycles. The second-order valence-corrected chi connectivity index (χ2v) is 3.61. The van der Waals surface area contributed by atoms with Crippen molar-refractivity contribution in [2.75, 3.05) is 5.32 Å². The van der Waals surface area contributed by atoms with Crippen LogP contribution in [0.3, 0.4) is 0 Å². The number of hydrogen-bond acceptors (Lipinski definition) is 2. The van der Waals surface area contributed by atoms with E-state index < -0.39 is 5.97 Å². The molecule has 2 rings (SSSR count). The largest absolute Gasteiger partial charge is 0.481 e. The van der Waals surface area contributed by atoms with Gasteiger partial charge in [0.05, 0.1) is 6.42 Å². The van der Waals surface area contributed by atoms with Crippen molar-refractivity contribution >= 4 is 17.6 Å². The minimum atomic E-state index is -0.801. The number of aryl methyl sites for hydroxylation is 1. The van der Waals surface area contributed by atoms with Gasteiger partial charge in [0.1, 0.15) is 0 Å². The molecule has 1 heterocycles. The first-order chi connectivity index (χ1) is 7.15. The number of rotatable bonds is 3. The molecular formula is C11H11NO3. The SMILES string of the molecule is O=C(O)CCc1ccc2c(c1)CC(=O)N2. The summed E-state index contributed by atoms with van der Waals surface area (Å²) >= 11 is 0. The van der Waals surface area contributed by atoms with Crippen LogP contribution >= 0.6 is 0 Å². The molecular weight excluding hydrogens is 194 g/mol. The van der Waals surface area contributed by atoms with Crippen LogP contribution in [0.4, 0.5) is 5.69 Å². The lowest BCUT2D eigenvalue weighted by Crippen LogP contribution is -2.03. The van der Waals surface area contributed by atoms with Crippen LogP contribution in [0.2, 0.25) is 0 Å². The Morgan fingerprint density at radius 1 is 1.47 bits per heavy atom. The molecule has 15 heavy (non-hydrogen) atoms. The molecule has 1 amide bonds. The van der Waals surface area contributed by atoms with Crippen molar-refractivity contribution in [3.05, 3.63) is 29.3 Å². The van der Waals surface area contributed by atoms with Gasteiger partial charge in [0.25, 0.3) is 0 Å². The van der Waals surface area contributed by atoms with Gasteiger partial charge in [-0.05, 0) is 23.6 Å². The third-order valence-electron chi connectivity index (χ3n) is 2.42. The number of aliphatic carboxylic acids is 1. The maximum absolute atomic E-state index is 11.1. The number of carboxylic acid groups (broad SMARTS) is 1. The summed E-state index contributed by atoms with van der Waals surface area (Å²) in [4.78, 5) is 21.5. The minimum absolute atomic E-state index is 0.000356. The smallest absolute Gasteiger partial charge is 0.303 e. The monoisotopic (exact) mass is 205 g/mol. The number of carboxylic acids is 1. The first-order valence-electron chi connectivity index (χ1n) is 4.78. The van der Waals surface area contributed by atoms with Gasteiger partial charge >= 0.3 is 5.97 Å². The Hall–Kier alpha value is -1.84. The molecule has 0 fully saturated rings. The Bertz CT molecular complexity index is 426. The number of nitrogens with one attached hydrogen (secondary N) is 1. The number of carbonyl (C=O) groups excluding carboxylic acids is 1. The first-order valence-corrected chi connectivity index (χ1v) is 4.78. The molecule has 4 nitrogen and oxygen atoms in total. The summed E-state index contributed by atoms with van der Waals surface area (Å²) < 4.78 is 0. The number of amides is 1. The molecule has 78 valence electrons. The summed E-state index contributed by atoms with van der Waals surface area (Å²) in [5.41, 5.74) is 2.77. The summed E-state index contributed by atoms with van der Waals surface area (Å²) in [5.74, 6) is -0.801. The Morgan fingerprint density at radius 3 is 3.00 bits per heavy atom. The third-order valence-corrected chi connectivity index (χ3v) is 2.42. The number of hydrogen-bond donors (Lipinski definition) is 2. The van der Waals surface area contributed by atoms with Crippen LogP contribution in [0, 0.1) is 0 Å². The topological polar surface area (TPSA) is 66.4 Å². The second-order valence-electron chi connectivity index (χ2n) is 3.61. The van der Waals surface area contributed by atoms with Gasteiger partial charge < -0.3 is 10.4 Å². The predicted octanol–water partition coefficient (Wildman–Crippen LogP) is 1.20. The zero-order chi connectivity index (χ0) is 10.8. The van der Waals surface area contributed by atoms with E-state index in [-0.39, 0.29) is 12.3 Å². The Balaban J connectivity index is 2.13. The van der Waals surface area contributed by atoms with Crippen LogP contribution < -0.4 is 5.32 Å². The molecule has 4 heteroatoms. The van der Waals surface area contributed by atoms with Gasteiger partial charge in [0.2, 0.25) is 5.91 Å². The molecule has 0 bridgehead atoms. The van der Waals surface area contributed by atoms with Gasteiger partial charge in [-0.15, -0.1) is 0 Å². The molecule has 1 aromatic carbocycles. The summed E-state index contributed by atoms with van der Waals surface area (Å²) in [6, 6.07) is 5.58. The van der Waals surface area contributed by atoms with Crippen LogP contribution in [-0.4, -0.2) is 17.0 Å². The maximum atomic E-state index is 11.1. The van der Waals surface area contributed by atoms with Crippen molar-refractivity contribution in [1.82, 2.24) is 0 Å². The van der Waals surface area contributed by atoms with Gasteiger partial charge in [-0.3, -0.25) is 9.59 Å². The molecule has 0 unspecified atom stereocenters. The predicted molar refractivity (Wildman–Crippen MR) is 54.7 cm³/mol. The molecule has 0 saturated carbocycles. The fourth-order valence-corrected chi connectivity index (χ4v) is 1.69. The Labute approximate surface area is 86.9 Å². The lowest BCUT2D eigenvalue weighted by molar-refractivity contribution is -0.137. The molecule has 0 radical (unpaired) electrons. The zero-order valence-corrected chi connectivity index (χ0v) is 8.12. The van der Waals surface area contributed by atoms with Crippen molar-refractivity contribution in [2.24, 2.45) is 0 Å². The van der Waals surface area contributed by atoms with Crippen molar-refractivity contribution in [3.8, 4) is 0 Å². The molecule has 0 atom stereocenters. The minimum Gasteiger partial charge on any atom is -0.481 e. The van der Waals surface area contributed by atoms with E-state index in [0.29, 0.717) is 12.8 Å². The third kappa shape index (κ3) is 2.15. The fraction of sp³-hybridized carbons (Fsp3) is 0.273. The summed E-state index contributed by atoms with van der Waals surface area (Å²) in [5, 5.41) is 11.3. The van der Waals surface area contributed by atoms with Gasteiger partial charge in [0, 0.05) is 12.1 Å². The van der Waals surface area contributed by atoms with E-state index in [4.69, 9.17) is 5.11 Å². The Kier molecular flexibility index (Phi) is 2.41. The number of carbonyl (C=O) groups is 2. The van der Waals surface area contributed by atoms with Crippen LogP contribution in [0.25, 0.3) is 0 Å². The van der Waals surface area contributed by atoms with Crippen LogP contribution in [0.15, 0.2) is 18.2 Å². The summed E-state index contributed by atoms with van der Waals surface area (Å²) in [6.45, 7) is 0. The molecule has 2 N–H and O–H groups in total. The van der Waals surface area contributed by atoms with E-state index in [0.717, 1.165) is 16.8 Å². The molecule has 0 spiro atoms. The highest BCUT2D eigenvalue weighted by molar-refractivity contribution is 5.99. The molecule has 1 aliphatic rings. The number of benzene rings is 1. The van der Waals surface area contributed by atoms with E-state index in [1.165, 1.54) is 0 Å². The van der Waals surface area contributed by atoms with E-state index in [2.05, 4.69) is 5.32 Å². The quantitative estimate of drug-likeness (QED) is 0.779. The van der Waals surface area contributed by atoms with Gasteiger partial charge in [-0.25, -0.2) is 0 Å². The normalized spacial score (nSPS) is 13.5. The molecule has 0 aromatic heterocycles. The van der Waals surface area contributed by atoms with Gasteiger partial charge in [-0.1, -0.05) is 12.1 Å². The standard InChI is InChI=1S/C11H11NO3/c13-10-6-8-5-7(2-4-11(14)15)1-3-9(8)12-10/h1,3,5H,2,4,6H2,(H,12,13)(H,14,15). The van der Waals surface area contributed by atoms with Crippen molar-refractivity contribution in [2.45, 2.75) is 19.3 Å². The number of fused-ring (bicyclic) bond motifs is 1. The van der Waals surface area contributed by atoms with Gasteiger partial charge in [-0.2, -0.15) is 0 Å². The van der Waals surface area contributed by atoms with E-state index in [1.807, 2.05) is 18.2 Å². The van der Waals surface area contributed by atoms with E-state index in [9.17, 15) is 9.59 Å². The van der Waals surface area contributed by atoms with Crippen molar-refractivity contribution < 1.29 is 14.7 Å². The summed E-state index contributed by atoms with van der Waals surface area (Å²) in [7, 11) is 0. The summed E-state index contributed by atoms with van der Waals surface area (Å²) in [6.07, 6.45) is 1.03. The number of anilines is 1. The Morgan fingerprint density at radius 2 is 2.27 bits per heavy atom. The molecule has 1 aromatic rings. The van der Waals surface area contributed by atoms with Crippen molar-refractivity contribution in [1.29, 1.82) is 0 Å². The molecule has 0 aliphatic carbocycles. The highest BCUT2D eigenvalue weighted by Crippen LogP contribution is 2.24. The van der Waals surface area contributed by atoms with E-state index >= 15 is 0 Å².